The molecule has 21 heavy (non-hydrogen) atoms. The van der Waals surface area contributed by atoms with Crippen molar-refractivity contribution in [3.63, 3.8) is 0 Å². The molecule has 0 atom stereocenters. The molecule has 0 unspecified atom stereocenters. The predicted molar refractivity (Wildman–Crippen MR) is 72.1 cm³/mol. The summed E-state index contributed by atoms with van der Waals surface area (Å²) < 4.78 is 6.71. The molecule has 2 aromatic rings. The van der Waals surface area contributed by atoms with Crippen LogP contribution in [0.2, 0.25) is 0 Å². The zero-order valence-electron chi connectivity index (χ0n) is 11.5. The zero-order chi connectivity index (χ0) is 14.8. The highest BCUT2D eigenvalue weighted by molar-refractivity contribution is 5.84. The van der Waals surface area contributed by atoms with E-state index in [0.717, 1.165) is 25.3 Å². The number of hydrogen-bond donors (Lipinski definition) is 1. The van der Waals surface area contributed by atoms with Gasteiger partial charge in [0.05, 0.1) is 25.0 Å². The van der Waals surface area contributed by atoms with Crippen LogP contribution in [-0.4, -0.2) is 56.2 Å². The standard InChI is InChI=1S/C13H15N5O3/c1-21-12-4-2-3-9(14-12)5-17-6-10(7-17)18-8-11(13(19)20)15-16-18/h2-4,8,10H,5-7H2,1H3,(H,19,20). The fraction of sp³-hybridized carbons (Fsp3) is 0.385. The van der Waals surface area contributed by atoms with E-state index < -0.39 is 5.97 Å². The lowest BCUT2D eigenvalue weighted by molar-refractivity contribution is 0.0690. The molecule has 8 heteroatoms. The van der Waals surface area contributed by atoms with E-state index in [1.54, 1.807) is 11.8 Å². The molecule has 3 heterocycles. The van der Waals surface area contributed by atoms with E-state index in [9.17, 15) is 4.79 Å². The number of carboxylic acids is 1. The lowest BCUT2D eigenvalue weighted by Crippen LogP contribution is -2.47. The number of methoxy groups -OCH3 is 1. The van der Waals surface area contributed by atoms with Gasteiger partial charge in [-0.3, -0.25) is 4.90 Å². The summed E-state index contributed by atoms with van der Waals surface area (Å²) in [6, 6.07) is 5.84. The molecule has 2 aromatic heterocycles. The van der Waals surface area contributed by atoms with Crippen molar-refractivity contribution in [3.8, 4) is 5.88 Å². The number of aromatic nitrogens is 4. The van der Waals surface area contributed by atoms with Crippen molar-refractivity contribution in [1.29, 1.82) is 0 Å². The van der Waals surface area contributed by atoms with E-state index in [1.165, 1.54) is 6.20 Å². The van der Waals surface area contributed by atoms with Gasteiger partial charge in [-0.1, -0.05) is 11.3 Å². The highest BCUT2D eigenvalue weighted by Gasteiger charge is 2.29. The Labute approximate surface area is 121 Å². The Morgan fingerprint density at radius 2 is 2.29 bits per heavy atom. The smallest absolute Gasteiger partial charge is 0.358 e. The molecule has 3 rings (SSSR count). The first kappa shape index (κ1) is 13.5. The Morgan fingerprint density at radius 1 is 1.48 bits per heavy atom. The van der Waals surface area contributed by atoms with E-state index >= 15 is 0 Å². The molecule has 1 N–H and O–H groups in total. The van der Waals surface area contributed by atoms with Crippen LogP contribution >= 0.6 is 0 Å². The summed E-state index contributed by atoms with van der Waals surface area (Å²) in [4.78, 5) is 17.3. The van der Waals surface area contributed by atoms with Gasteiger partial charge in [-0.2, -0.15) is 0 Å². The molecule has 0 bridgehead atoms. The molecule has 1 aliphatic heterocycles. The van der Waals surface area contributed by atoms with Gasteiger partial charge in [0.2, 0.25) is 5.88 Å². The highest BCUT2D eigenvalue weighted by atomic mass is 16.5. The number of carboxylic acid groups (broad SMARTS) is 1. The highest BCUT2D eigenvalue weighted by Crippen LogP contribution is 2.22. The average molecular weight is 289 g/mol. The van der Waals surface area contributed by atoms with Crippen LogP contribution in [0.15, 0.2) is 24.4 Å². The van der Waals surface area contributed by atoms with Crippen LogP contribution in [0.5, 0.6) is 5.88 Å². The Morgan fingerprint density at radius 3 is 2.95 bits per heavy atom. The van der Waals surface area contributed by atoms with Crippen molar-refractivity contribution in [2.24, 2.45) is 0 Å². The minimum Gasteiger partial charge on any atom is -0.481 e. The van der Waals surface area contributed by atoms with Crippen LogP contribution in [0.4, 0.5) is 0 Å². The van der Waals surface area contributed by atoms with Crippen molar-refractivity contribution < 1.29 is 14.6 Å². The molecule has 0 spiro atoms. The molecular formula is C13H15N5O3. The Balaban J connectivity index is 1.56. The topological polar surface area (TPSA) is 93.4 Å². The monoisotopic (exact) mass is 289 g/mol. The summed E-state index contributed by atoms with van der Waals surface area (Å²) in [7, 11) is 1.59. The first-order chi connectivity index (χ1) is 10.2. The van der Waals surface area contributed by atoms with Gasteiger partial charge in [-0.25, -0.2) is 14.5 Å². The van der Waals surface area contributed by atoms with Crippen molar-refractivity contribution in [2.45, 2.75) is 12.6 Å². The predicted octanol–water partition coefficient (Wildman–Crippen LogP) is 0.437. The van der Waals surface area contributed by atoms with Crippen molar-refractivity contribution in [2.75, 3.05) is 20.2 Å². The van der Waals surface area contributed by atoms with Crippen LogP contribution in [0, 0.1) is 0 Å². The molecule has 1 saturated heterocycles. The minimum atomic E-state index is -1.06. The molecule has 0 radical (unpaired) electrons. The molecular weight excluding hydrogens is 274 g/mol. The van der Waals surface area contributed by atoms with Crippen LogP contribution < -0.4 is 4.74 Å². The van der Waals surface area contributed by atoms with Gasteiger partial charge in [0, 0.05) is 25.7 Å². The van der Waals surface area contributed by atoms with E-state index in [2.05, 4.69) is 20.2 Å². The summed E-state index contributed by atoms with van der Waals surface area (Å²) in [6.07, 6.45) is 1.47. The first-order valence-electron chi connectivity index (χ1n) is 6.53. The van der Waals surface area contributed by atoms with Crippen LogP contribution in [0.1, 0.15) is 22.2 Å². The third-order valence-corrected chi connectivity index (χ3v) is 3.42. The fourth-order valence-corrected chi connectivity index (χ4v) is 2.28. The number of hydrogen-bond acceptors (Lipinski definition) is 6. The van der Waals surface area contributed by atoms with E-state index in [4.69, 9.17) is 9.84 Å². The average Bonchev–Trinajstić information content (AvgIpc) is 2.92. The summed E-state index contributed by atoms with van der Waals surface area (Å²) in [5, 5.41) is 16.3. The summed E-state index contributed by atoms with van der Waals surface area (Å²) in [5.41, 5.74) is 0.917. The summed E-state index contributed by atoms with van der Waals surface area (Å²) >= 11 is 0. The molecule has 0 saturated carbocycles. The molecule has 1 fully saturated rings. The summed E-state index contributed by atoms with van der Waals surface area (Å²) in [6.45, 7) is 2.32. The third kappa shape index (κ3) is 2.84. The molecule has 0 aliphatic carbocycles. The SMILES string of the molecule is COc1cccc(CN2CC(n3cc(C(=O)O)nn3)C2)n1. The first-order valence-corrected chi connectivity index (χ1v) is 6.53. The number of ether oxygens (including phenoxy) is 1. The normalized spacial score (nSPS) is 15.7. The fourth-order valence-electron chi connectivity index (χ4n) is 2.28. The number of carbonyl (C=O) groups is 1. The molecule has 0 aromatic carbocycles. The van der Waals surface area contributed by atoms with Crippen molar-refractivity contribution in [3.05, 3.63) is 35.8 Å². The van der Waals surface area contributed by atoms with E-state index in [1.807, 2.05) is 18.2 Å². The lowest BCUT2D eigenvalue weighted by Gasteiger charge is -2.38. The number of likely N-dealkylation sites (tertiary alicyclic amines) is 1. The maximum atomic E-state index is 10.8. The van der Waals surface area contributed by atoms with Gasteiger partial charge < -0.3 is 9.84 Å². The lowest BCUT2D eigenvalue weighted by atomic mass is 10.1. The zero-order valence-corrected chi connectivity index (χ0v) is 11.5. The second kappa shape index (κ2) is 5.49. The molecule has 1 aliphatic rings. The van der Waals surface area contributed by atoms with Gasteiger partial charge in [0.25, 0.3) is 0 Å². The number of pyridine rings is 1. The number of rotatable bonds is 5. The van der Waals surface area contributed by atoms with Crippen molar-refractivity contribution >= 4 is 5.97 Å². The Kier molecular flexibility index (Phi) is 3.53. The van der Waals surface area contributed by atoms with Gasteiger partial charge >= 0.3 is 5.97 Å². The van der Waals surface area contributed by atoms with Crippen molar-refractivity contribution in [1.82, 2.24) is 24.9 Å². The van der Waals surface area contributed by atoms with Crippen LogP contribution in [0.25, 0.3) is 0 Å². The van der Waals surface area contributed by atoms with Crippen LogP contribution in [0.3, 0.4) is 0 Å². The number of nitrogens with zero attached hydrogens (tertiary/aromatic N) is 5. The van der Waals surface area contributed by atoms with Gasteiger partial charge in [-0.05, 0) is 6.07 Å². The van der Waals surface area contributed by atoms with E-state index in [-0.39, 0.29) is 11.7 Å². The largest absolute Gasteiger partial charge is 0.481 e. The van der Waals surface area contributed by atoms with Crippen LogP contribution in [-0.2, 0) is 6.54 Å². The summed E-state index contributed by atoms with van der Waals surface area (Å²) in [5.74, 6) is -0.454. The van der Waals surface area contributed by atoms with Gasteiger partial charge in [-0.15, -0.1) is 5.10 Å². The van der Waals surface area contributed by atoms with Gasteiger partial charge in [0.15, 0.2) is 5.69 Å². The van der Waals surface area contributed by atoms with Gasteiger partial charge in [0.1, 0.15) is 0 Å². The quantitative estimate of drug-likeness (QED) is 0.853. The maximum Gasteiger partial charge on any atom is 0.358 e. The number of aromatic carboxylic acids is 1. The Hall–Kier alpha value is -2.48. The third-order valence-electron chi connectivity index (χ3n) is 3.42. The Bertz CT molecular complexity index is 651. The second-order valence-corrected chi connectivity index (χ2v) is 4.91. The van der Waals surface area contributed by atoms with E-state index in [0.29, 0.717) is 5.88 Å². The minimum absolute atomic E-state index is 0.0251. The maximum absolute atomic E-state index is 10.8. The molecule has 8 nitrogen and oxygen atoms in total. The molecule has 0 amide bonds. The second-order valence-electron chi connectivity index (χ2n) is 4.91. The molecule has 110 valence electrons.